The van der Waals surface area contributed by atoms with Crippen molar-refractivity contribution in [3.63, 3.8) is 0 Å². The monoisotopic (exact) mass is 267 g/mol. The maximum atomic E-state index is 12.1. The molecular weight excluding hydrogens is 242 g/mol. The minimum absolute atomic E-state index is 0.0373. The second-order valence-electron chi connectivity index (χ2n) is 6.90. The molecule has 0 aromatic heterocycles. The summed E-state index contributed by atoms with van der Waals surface area (Å²) in [6, 6.07) is -0.561. The van der Waals surface area contributed by atoms with E-state index < -0.39 is 11.6 Å². The van der Waals surface area contributed by atoms with Crippen LogP contribution in [0.5, 0.6) is 0 Å². The van der Waals surface area contributed by atoms with Gasteiger partial charge in [0.25, 0.3) is 0 Å². The van der Waals surface area contributed by atoms with E-state index in [0.29, 0.717) is 11.8 Å². The molecule has 4 heteroatoms. The van der Waals surface area contributed by atoms with Crippen LogP contribution in [0.25, 0.3) is 0 Å². The van der Waals surface area contributed by atoms with Crippen molar-refractivity contribution in [2.75, 3.05) is 0 Å². The third-order valence-corrected chi connectivity index (χ3v) is 4.08. The molecule has 1 N–H and O–H groups in total. The standard InChI is InChI=1S/C15H25NO3/c1-9(14(18)19-15(2,3)4)16-13(17)12-10-7-5-6-8-11(10)12/h9-12H,5-8H2,1-4H3,(H,16,17)/t9-,10?,11?,12?/m1/s1. The molecule has 2 unspecified atom stereocenters. The van der Waals surface area contributed by atoms with E-state index in [2.05, 4.69) is 5.32 Å². The first-order chi connectivity index (χ1) is 8.79. The first-order valence-corrected chi connectivity index (χ1v) is 7.33. The molecule has 0 radical (unpaired) electrons. The molecule has 3 atom stereocenters. The molecule has 4 nitrogen and oxygen atoms in total. The lowest BCUT2D eigenvalue weighted by Crippen LogP contribution is -2.43. The SMILES string of the molecule is C[C@@H](NC(=O)C1C2CCCCC21)C(=O)OC(C)(C)C. The van der Waals surface area contributed by atoms with E-state index in [9.17, 15) is 9.59 Å². The fourth-order valence-corrected chi connectivity index (χ4v) is 3.14. The minimum atomic E-state index is -0.561. The second-order valence-corrected chi connectivity index (χ2v) is 6.90. The Balaban J connectivity index is 1.81. The lowest BCUT2D eigenvalue weighted by atomic mass is 10.0. The first-order valence-electron chi connectivity index (χ1n) is 7.33. The molecule has 2 fully saturated rings. The average Bonchev–Trinajstić information content (AvgIpc) is 3.00. The van der Waals surface area contributed by atoms with Crippen LogP contribution in [-0.4, -0.2) is 23.5 Å². The van der Waals surface area contributed by atoms with Crippen molar-refractivity contribution in [1.82, 2.24) is 5.32 Å². The van der Waals surface area contributed by atoms with Gasteiger partial charge in [0.15, 0.2) is 0 Å². The lowest BCUT2D eigenvalue weighted by molar-refractivity contribution is -0.158. The van der Waals surface area contributed by atoms with Crippen LogP contribution in [0.4, 0.5) is 0 Å². The van der Waals surface area contributed by atoms with Crippen LogP contribution in [0.3, 0.4) is 0 Å². The van der Waals surface area contributed by atoms with Crippen LogP contribution < -0.4 is 5.32 Å². The van der Waals surface area contributed by atoms with Gasteiger partial charge in [-0.15, -0.1) is 0 Å². The number of carbonyl (C=O) groups excluding carboxylic acids is 2. The Kier molecular flexibility index (Phi) is 3.88. The van der Waals surface area contributed by atoms with Crippen LogP contribution >= 0.6 is 0 Å². The highest BCUT2D eigenvalue weighted by molar-refractivity contribution is 5.87. The van der Waals surface area contributed by atoms with Crippen LogP contribution in [0.15, 0.2) is 0 Å². The van der Waals surface area contributed by atoms with Crippen molar-refractivity contribution in [1.29, 1.82) is 0 Å². The Bertz CT molecular complexity index is 360. The summed E-state index contributed by atoms with van der Waals surface area (Å²) in [6.07, 6.45) is 4.83. The van der Waals surface area contributed by atoms with Crippen molar-refractivity contribution in [2.45, 2.75) is 65.0 Å². The highest BCUT2D eigenvalue weighted by Gasteiger charge is 2.54. The van der Waals surface area contributed by atoms with E-state index in [4.69, 9.17) is 4.74 Å². The molecular formula is C15H25NO3. The number of hydrogen-bond acceptors (Lipinski definition) is 3. The van der Waals surface area contributed by atoms with Gasteiger partial charge >= 0.3 is 5.97 Å². The number of carbonyl (C=O) groups is 2. The van der Waals surface area contributed by atoms with Gasteiger partial charge in [0.05, 0.1) is 0 Å². The largest absolute Gasteiger partial charge is 0.458 e. The fraction of sp³-hybridized carbons (Fsp3) is 0.867. The molecule has 0 spiro atoms. The topological polar surface area (TPSA) is 55.4 Å². The Hall–Kier alpha value is -1.06. The van der Waals surface area contributed by atoms with Crippen LogP contribution in [-0.2, 0) is 14.3 Å². The Morgan fingerprint density at radius 1 is 1.16 bits per heavy atom. The highest BCUT2D eigenvalue weighted by atomic mass is 16.6. The zero-order valence-electron chi connectivity index (χ0n) is 12.4. The van der Waals surface area contributed by atoms with Gasteiger partial charge in [0.1, 0.15) is 11.6 Å². The van der Waals surface area contributed by atoms with Crippen molar-refractivity contribution in [3.8, 4) is 0 Å². The summed E-state index contributed by atoms with van der Waals surface area (Å²) in [4.78, 5) is 23.9. The van der Waals surface area contributed by atoms with Crippen molar-refractivity contribution < 1.29 is 14.3 Å². The van der Waals surface area contributed by atoms with E-state index in [-0.39, 0.29) is 17.8 Å². The summed E-state index contributed by atoms with van der Waals surface area (Å²) in [5.41, 5.74) is -0.510. The van der Waals surface area contributed by atoms with Crippen LogP contribution in [0.1, 0.15) is 53.4 Å². The molecule has 0 aliphatic heterocycles. The number of esters is 1. The van der Waals surface area contributed by atoms with Gasteiger partial charge in [0.2, 0.25) is 5.91 Å². The van der Waals surface area contributed by atoms with Crippen LogP contribution in [0.2, 0.25) is 0 Å². The normalized spacial score (nSPS) is 31.1. The molecule has 2 aliphatic rings. The summed E-state index contributed by atoms with van der Waals surface area (Å²) in [5.74, 6) is 0.964. The van der Waals surface area contributed by atoms with Crippen molar-refractivity contribution in [2.24, 2.45) is 17.8 Å². The molecule has 2 aliphatic carbocycles. The number of hydrogen-bond donors (Lipinski definition) is 1. The van der Waals surface area contributed by atoms with Gasteiger partial charge in [-0.3, -0.25) is 4.79 Å². The number of nitrogens with one attached hydrogen (secondary N) is 1. The summed E-state index contributed by atoms with van der Waals surface area (Å²) < 4.78 is 5.27. The third-order valence-electron chi connectivity index (χ3n) is 4.08. The summed E-state index contributed by atoms with van der Waals surface area (Å²) in [6.45, 7) is 7.18. The van der Waals surface area contributed by atoms with E-state index in [1.807, 2.05) is 20.8 Å². The first kappa shape index (κ1) is 14.4. The van der Waals surface area contributed by atoms with Crippen molar-refractivity contribution >= 4 is 11.9 Å². The van der Waals surface area contributed by atoms with E-state index >= 15 is 0 Å². The van der Waals surface area contributed by atoms with Gasteiger partial charge in [-0.05, 0) is 52.4 Å². The minimum Gasteiger partial charge on any atom is -0.458 e. The lowest BCUT2D eigenvalue weighted by Gasteiger charge is -2.22. The smallest absolute Gasteiger partial charge is 0.328 e. The molecule has 1 amide bonds. The molecule has 19 heavy (non-hydrogen) atoms. The van der Waals surface area contributed by atoms with E-state index in [0.717, 1.165) is 0 Å². The summed E-state index contributed by atoms with van der Waals surface area (Å²) in [7, 11) is 0. The number of fused-ring (bicyclic) bond motifs is 1. The van der Waals surface area contributed by atoms with Gasteiger partial charge in [-0.2, -0.15) is 0 Å². The zero-order valence-corrected chi connectivity index (χ0v) is 12.4. The molecule has 0 saturated heterocycles. The number of rotatable bonds is 3. The van der Waals surface area contributed by atoms with Gasteiger partial charge < -0.3 is 10.1 Å². The molecule has 108 valence electrons. The molecule has 2 saturated carbocycles. The number of ether oxygens (including phenoxy) is 1. The maximum absolute atomic E-state index is 12.1. The molecule has 0 heterocycles. The highest BCUT2D eigenvalue weighted by Crippen LogP contribution is 2.55. The number of amides is 1. The molecule has 0 aromatic rings. The molecule has 0 aromatic carbocycles. The van der Waals surface area contributed by atoms with E-state index in [1.54, 1.807) is 6.92 Å². The predicted octanol–water partition coefficient (Wildman–Crippen LogP) is 2.27. The Morgan fingerprint density at radius 3 is 2.16 bits per heavy atom. The average molecular weight is 267 g/mol. The second kappa shape index (κ2) is 5.14. The zero-order chi connectivity index (χ0) is 14.2. The Labute approximate surface area is 115 Å². The van der Waals surface area contributed by atoms with E-state index in [1.165, 1.54) is 25.7 Å². The fourth-order valence-electron chi connectivity index (χ4n) is 3.14. The molecule has 0 bridgehead atoms. The van der Waals surface area contributed by atoms with Gasteiger partial charge in [-0.25, -0.2) is 4.79 Å². The van der Waals surface area contributed by atoms with Gasteiger partial charge in [0, 0.05) is 5.92 Å². The summed E-state index contributed by atoms with van der Waals surface area (Å²) >= 11 is 0. The molecule has 2 rings (SSSR count). The Morgan fingerprint density at radius 2 is 1.68 bits per heavy atom. The quantitative estimate of drug-likeness (QED) is 0.798. The van der Waals surface area contributed by atoms with Crippen LogP contribution in [0, 0.1) is 17.8 Å². The van der Waals surface area contributed by atoms with Crippen molar-refractivity contribution in [3.05, 3.63) is 0 Å². The maximum Gasteiger partial charge on any atom is 0.328 e. The predicted molar refractivity (Wildman–Crippen MR) is 72.4 cm³/mol. The van der Waals surface area contributed by atoms with Gasteiger partial charge in [-0.1, -0.05) is 12.8 Å². The summed E-state index contributed by atoms with van der Waals surface area (Å²) in [5, 5.41) is 2.81. The third kappa shape index (κ3) is 3.48.